The number of nitrogens with one attached hydrogen (secondary N) is 1. The lowest BCUT2D eigenvalue weighted by Gasteiger charge is -2.21. The zero-order chi connectivity index (χ0) is 23.0. The molecule has 4 rings (SSSR count). The Morgan fingerprint density at radius 1 is 1.06 bits per heavy atom. The molecule has 1 N–H and O–H groups in total. The Balaban J connectivity index is 1.52. The molecule has 0 aliphatic carbocycles. The number of rotatable bonds is 6. The van der Waals surface area contributed by atoms with Crippen molar-refractivity contribution in [2.75, 3.05) is 31.0 Å². The van der Waals surface area contributed by atoms with Crippen LogP contribution in [-0.2, 0) is 14.4 Å². The minimum absolute atomic E-state index is 0.211. The summed E-state index contributed by atoms with van der Waals surface area (Å²) in [5.74, 6) is -0.512. The van der Waals surface area contributed by atoms with Crippen LogP contribution in [0.4, 0.5) is 11.4 Å². The highest BCUT2D eigenvalue weighted by Gasteiger charge is 2.55. The Morgan fingerprint density at radius 2 is 1.81 bits per heavy atom. The largest absolute Gasteiger partial charge is 0.493 e. The van der Waals surface area contributed by atoms with Crippen LogP contribution in [-0.4, -0.2) is 55.6 Å². The summed E-state index contributed by atoms with van der Waals surface area (Å²) in [6.45, 7) is 3.66. The van der Waals surface area contributed by atoms with E-state index in [9.17, 15) is 14.4 Å². The van der Waals surface area contributed by atoms with Crippen molar-refractivity contribution in [2.45, 2.75) is 25.9 Å². The molecule has 0 aromatic heterocycles. The van der Waals surface area contributed by atoms with Gasteiger partial charge in [0.1, 0.15) is 6.54 Å². The lowest BCUT2D eigenvalue weighted by molar-refractivity contribution is -0.123. The van der Waals surface area contributed by atoms with Crippen molar-refractivity contribution in [3.8, 4) is 11.5 Å². The van der Waals surface area contributed by atoms with Crippen LogP contribution in [0.1, 0.15) is 11.1 Å². The Labute approximate surface area is 184 Å². The van der Waals surface area contributed by atoms with Crippen LogP contribution >= 0.6 is 0 Å². The number of ether oxygens (including phenoxy) is 2. The van der Waals surface area contributed by atoms with Gasteiger partial charge >= 0.3 is 0 Å². The second-order valence-corrected chi connectivity index (χ2v) is 7.54. The van der Waals surface area contributed by atoms with Crippen LogP contribution in [0.5, 0.6) is 11.5 Å². The Bertz CT molecular complexity index is 1130. The van der Waals surface area contributed by atoms with Crippen molar-refractivity contribution in [1.82, 2.24) is 5.01 Å². The van der Waals surface area contributed by atoms with Crippen molar-refractivity contribution >= 4 is 29.1 Å². The molecule has 10 nitrogen and oxygen atoms in total. The molecule has 1 saturated heterocycles. The molecular formula is C22H23N5O5. The fraction of sp³-hybridized carbons (Fsp3) is 0.318. The predicted octanol–water partition coefficient (Wildman–Crippen LogP) is 2.25. The summed E-state index contributed by atoms with van der Waals surface area (Å²) in [5.41, 5.74) is 3.02. The first-order valence-electron chi connectivity index (χ1n) is 9.99. The lowest BCUT2D eigenvalue weighted by Crippen LogP contribution is -2.43. The molecule has 0 bridgehead atoms. The first-order valence-corrected chi connectivity index (χ1v) is 9.99. The number of hydrogen-bond donors (Lipinski definition) is 1. The van der Waals surface area contributed by atoms with Gasteiger partial charge in [0.2, 0.25) is 5.91 Å². The minimum Gasteiger partial charge on any atom is -0.493 e. The molecule has 0 radical (unpaired) electrons. The van der Waals surface area contributed by atoms with Gasteiger partial charge in [0.15, 0.2) is 23.6 Å². The molecule has 32 heavy (non-hydrogen) atoms. The average molecular weight is 437 g/mol. The molecule has 166 valence electrons. The second-order valence-electron chi connectivity index (χ2n) is 7.54. The van der Waals surface area contributed by atoms with E-state index in [1.54, 1.807) is 24.3 Å². The lowest BCUT2D eigenvalue weighted by atomic mass is 10.1. The highest BCUT2D eigenvalue weighted by molar-refractivity contribution is 6.25. The minimum atomic E-state index is -0.996. The van der Waals surface area contributed by atoms with Crippen LogP contribution in [0.3, 0.4) is 0 Å². The molecule has 1 fully saturated rings. The molecule has 3 amide bonds. The number of benzene rings is 2. The molecule has 2 atom stereocenters. The Morgan fingerprint density at radius 3 is 2.53 bits per heavy atom. The Kier molecular flexibility index (Phi) is 5.52. The Hall–Kier alpha value is -3.95. The maximum absolute atomic E-state index is 13.1. The van der Waals surface area contributed by atoms with E-state index < -0.39 is 23.9 Å². The topological polar surface area (TPSA) is 113 Å². The molecule has 2 aliphatic heterocycles. The van der Waals surface area contributed by atoms with E-state index in [2.05, 4.69) is 15.7 Å². The van der Waals surface area contributed by atoms with E-state index in [0.717, 1.165) is 16.0 Å². The van der Waals surface area contributed by atoms with Gasteiger partial charge in [-0.3, -0.25) is 19.4 Å². The van der Waals surface area contributed by atoms with E-state index in [-0.39, 0.29) is 12.5 Å². The van der Waals surface area contributed by atoms with Gasteiger partial charge in [0, 0.05) is 11.8 Å². The predicted molar refractivity (Wildman–Crippen MR) is 116 cm³/mol. The number of methoxy groups -OCH3 is 2. The van der Waals surface area contributed by atoms with Crippen molar-refractivity contribution in [3.63, 3.8) is 0 Å². The number of aryl methyl sites for hydroxylation is 1. The summed E-state index contributed by atoms with van der Waals surface area (Å²) < 4.78 is 10.5. The molecule has 0 saturated carbocycles. The van der Waals surface area contributed by atoms with Crippen LogP contribution in [0.25, 0.3) is 0 Å². The molecule has 0 spiro atoms. The number of fused-ring (bicyclic) bond motifs is 1. The van der Waals surface area contributed by atoms with Gasteiger partial charge in [0.25, 0.3) is 11.8 Å². The molecule has 10 heteroatoms. The number of amides is 3. The van der Waals surface area contributed by atoms with Gasteiger partial charge in [-0.05, 0) is 43.2 Å². The first-order chi connectivity index (χ1) is 15.3. The molecule has 2 aromatic carbocycles. The zero-order valence-corrected chi connectivity index (χ0v) is 18.2. The second kappa shape index (κ2) is 8.29. The van der Waals surface area contributed by atoms with Crippen molar-refractivity contribution < 1.29 is 23.9 Å². The molecule has 2 unspecified atom stereocenters. The fourth-order valence-corrected chi connectivity index (χ4v) is 3.80. The van der Waals surface area contributed by atoms with Crippen molar-refractivity contribution in [1.29, 1.82) is 0 Å². The molecule has 2 heterocycles. The average Bonchev–Trinajstić information content (AvgIpc) is 3.30. The maximum atomic E-state index is 13.1. The van der Waals surface area contributed by atoms with Gasteiger partial charge < -0.3 is 14.8 Å². The molecule has 2 aromatic rings. The van der Waals surface area contributed by atoms with E-state index in [1.807, 2.05) is 26.0 Å². The summed E-state index contributed by atoms with van der Waals surface area (Å²) >= 11 is 0. The van der Waals surface area contributed by atoms with Gasteiger partial charge in [-0.1, -0.05) is 17.4 Å². The SMILES string of the molecule is COc1ccc(N2C(=O)C3N=NN(CC(=O)Nc4cccc(C)c4C)C3C2=O)cc1OC. The van der Waals surface area contributed by atoms with E-state index in [0.29, 0.717) is 22.9 Å². The van der Waals surface area contributed by atoms with Gasteiger partial charge in [-0.25, -0.2) is 4.90 Å². The third-order valence-corrected chi connectivity index (χ3v) is 5.67. The highest BCUT2D eigenvalue weighted by Crippen LogP contribution is 2.36. The smallest absolute Gasteiger partial charge is 0.263 e. The van der Waals surface area contributed by atoms with Crippen LogP contribution < -0.4 is 19.7 Å². The van der Waals surface area contributed by atoms with Gasteiger partial charge in [-0.2, -0.15) is 5.11 Å². The standard InChI is InChI=1S/C22H23N5O5/c1-12-6-5-7-15(13(12)2)23-18(28)11-26-20-19(24-25-26)21(29)27(22(20)30)14-8-9-16(31-3)17(10-14)32-4/h5-10,19-20H,11H2,1-4H3,(H,23,28). The number of nitrogens with zero attached hydrogens (tertiary/aromatic N) is 4. The van der Waals surface area contributed by atoms with E-state index in [1.165, 1.54) is 19.2 Å². The number of imide groups is 1. The van der Waals surface area contributed by atoms with Crippen LogP contribution in [0.15, 0.2) is 46.7 Å². The van der Waals surface area contributed by atoms with E-state index in [4.69, 9.17) is 9.47 Å². The zero-order valence-electron chi connectivity index (χ0n) is 18.2. The number of carbonyl (C=O) groups excluding carboxylic acids is 3. The number of carbonyl (C=O) groups is 3. The van der Waals surface area contributed by atoms with E-state index >= 15 is 0 Å². The monoisotopic (exact) mass is 437 g/mol. The van der Waals surface area contributed by atoms with Crippen LogP contribution in [0.2, 0.25) is 0 Å². The normalized spacial score (nSPS) is 19.4. The van der Waals surface area contributed by atoms with Crippen molar-refractivity contribution in [2.24, 2.45) is 10.3 Å². The van der Waals surface area contributed by atoms with Crippen molar-refractivity contribution in [3.05, 3.63) is 47.5 Å². The number of hydrogen-bond acceptors (Lipinski definition) is 8. The summed E-state index contributed by atoms with van der Waals surface area (Å²) in [7, 11) is 2.96. The van der Waals surface area contributed by atoms with Gasteiger partial charge in [0.05, 0.1) is 19.9 Å². The summed E-state index contributed by atoms with van der Waals surface area (Å²) in [6.07, 6.45) is 0. The maximum Gasteiger partial charge on any atom is 0.263 e. The third-order valence-electron chi connectivity index (χ3n) is 5.67. The summed E-state index contributed by atoms with van der Waals surface area (Å²) in [5, 5.41) is 12.0. The molecule has 2 aliphatic rings. The quantitative estimate of drug-likeness (QED) is 0.694. The highest BCUT2D eigenvalue weighted by atomic mass is 16.5. The van der Waals surface area contributed by atoms with Gasteiger partial charge in [-0.15, -0.1) is 0 Å². The van der Waals surface area contributed by atoms with Crippen LogP contribution in [0, 0.1) is 13.8 Å². The first kappa shape index (κ1) is 21.3. The summed E-state index contributed by atoms with van der Waals surface area (Å²) in [6, 6.07) is 8.39. The fourth-order valence-electron chi connectivity index (χ4n) is 3.80. The number of anilines is 2. The third kappa shape index (κ3) is 3.53. The summed E-state index contributed by atoms with van der Waals surface area (Å²) in [4.78, 5) is 39.7. The molecular weight excluding hydrogens is 414 g/mol.